The summed E-state index contributed by atoms with van der Waals surface area (Å²) in [6, 6.07) is 10.3. The topological polar surface area (TPSA) is 9.23 Å². The highest BCUT2D eigenvalue weighted by atomic mass is 28.4. The van der Waals surface area contributed by atoms with Crippen molar-refractivity contribution in [2.24, 2.45) is 0 Å². The van der Waals surface area contributed by atoms with Crippen LogP contribution < -0.4 is 0 Å². The molecule has 0 fully saturated rings. The van der Waals surface area contributed by atoms with Crippen molar-refractivity contribution in [1.29, 1.82) is 0 Å². The second kappa shape index (κ2) is 7.05. The Labute approximate surface area is 125 Å². The molecule has 0 aliphatic rings. The Morgan fingerprint density at radius 2 is 1.80 bits per heavy atom. The SMILES string of the molecule is C=C(/C=C\c1ccccc1)CCO[Si](C)(C)C(C)(C)C. The number of allylic oxidation sites excluding steroid dienone is 1. The van der Waals surface area contributed by atoms with Gasteiger partial charge in [-0.1, -0.05) is 75.4 Å². The zero-order chi connectivity index (χ0) is 15.2. The van der Waals surface area contributed by atoms with Crippen molar-refractivity contribution in [3.8, 4) is 0 Å². The van der Waals surface area contributed by atoms with Gasteiger partial charge in [0.1, 0.15) is 0 Å². The highest BCUT2D eigenvalue weighted by Crippen LogP contribution is 2.36. The van der Waals surface area contributed by atoms with Gasteiger partial charge in [0.15, 0.2) is 8.32 Å². The van der Waals surface area contributed by atoms with Crippen molar-refractivity contribution in [3.05, 3.63) is 54.1 Å². The molecular weight excluding hydrogens is 260 g/mol. The van der Waals surface area contributed by atoms with Crippen LogP contribution in [0.3, 0.4) is 0 Å². The first-order valence-electron chi connectivity index (χ1n) is 7.27. The van der Waals surface area contributed by atoms with Gasteiger partial charge in [-0.2, -0.15) is 0 Å². The van der Waals surface area contributed by atoms with E-state index in [0.717, 1.165) is 18.6 Å². The molecule has 1 aromatic carbocycles. The first kappa shape index (κ1) is 16.9. The largest absolute Gasteiger partial charge is 0.416 e. The molecule has 0 radical (unpaired) electrons. The molecule has 1 rings (SSSR count). The molecule has 0 N–H and O–H groups in total. The Morgan fingerprint density at radius 1 is 1.20 bits per heavy atom. The lowest BCUT2D eigenvalue weighted by Gasteiger charge is -2.36. The van der Waals surface area contributed by atoms with Gasteiger partial charge in [0, 0.05) is 6.61 Å². The van der Waals surface area contributed by atoms with Crippen LogP contribution in [0.25, 0.3) is 6.08 Å². The molecule has 0 aromatic heterocycles. The van der Waals surface area contributed by atoms with Gasteiger partial charge in [0.05, 0.1) is 0 Å². The monoisotopic (exact) mass is 288 g/mol. The lowest BCUT2D eigenvalue weighted by Crippen LogP contribution is -2.40. The van der Waals surface area contributed by atoms with E-state index < -0.39 is 8.32 Å². The van der Waals surface area contributed by atoms with E-state index in [0.29, 0.717) is 0 Å². The molecule has 0 atom stereocenters. The Balaban J connectivity index is 2.40. The minimum Gasteiger partial charge on any atom is -0.416 e. The highest BCUT2D eigenvalue weighted by molar-refractivity contribution is 6.74. The maximum absolute atomic E-state index is 6.16. The fourth-order valence-corrected chi connectivity index (χ4v) is 2.56. The molecule has 1 nitrogen and oxygen atoms in total. The molecule has 0 spiro atoms. The summed E-state index contributed by atoms with van der Waals surface area (Å²) < 4.78 is 6.16. The molecule has 1 aromatic rings. The fraction of sp³-hybridized carbons (Fsp3) is 0.444. The van der Waals surface area contributed by atoms with Gasteiger partial charge in [-0.3, -0.25) is 0 Å². The minimum absolute atomic E-state index is 0.272. The third-order valence-electron chi connectivity index (χ3n) is 4.00. The molecule has 0 aliphatic carbocycles. The fourth-order valence-electron chi connectivity index (χ4n) is 1.52. The molecule has 2 heteroatoms. The zero-order valence-electron chi connectivity index (χ0n) is 13.6. The number of benzene rings is 1. The van der Waals surface area contributed by atoms with Crippen molar-refractivity contribution in [1.82, 2.24) is 0 Å². The van der Waals surface area contributed by atoms with Crippen molar-refractivity contribution in [2.75, 3.05) is 6.61 Å². The Kier molecular flexibility index (Phi) is 5.97. The standard InChI is InChI=1S/C18H28OSi/c1-16(12-13-17-10-8-7-9-11-17)14-15-19-20(5,6)18(2,3)4/h7-13H,1,14-15H2,2-6H3/b13-12-. The summed E-state index contributed by atoms with van der Waals surface area (Å²) in [6.07, 6.45) is 5.09. The van der Waals surface area contributed by atoms with Gasteiger partial charge in [-0.05, 0) is 30.1 Å². The van der Waals surface area contributed by atoms with E-state index in [9.17, 15) is 0 Å². The van der Waals surface area contributed by atoms with Crippen LogP contribution in [-0.4, -0.2) is 14.9 Å². The Morgan fingerprint density at radius 3 is 2.35 bits per heavy atom. The minimum atomic E-state index is -1.62. The van der Waals surface area contributed by atoms with Crippen LogP contribution in [0.2, 0.25) is 18.1 Å². The number of hydrogen-bond donors (Lipinski definition) is 0. The average Bonchev–Trinajstić information content (AvgIpc) is 2.36. The molecule has 0 bridgehead atoms. The first-order valence-corrected chi connectivity index (χ1v) is 10.2. The summed E-state index contributed by atoms with van der Waals surface area (Å²) in [4.78, 5) is 0. The summed E-state index contributed by atoms with van der Waals surface area (Å²) in [7, 11) is -1.62. The smallest absolute Gasteiger partial charge is 0.191 e. The van der Waals surface area contributed by atoms with E-state index in [4.69, 9.17) is 4.43 Å². The molecular formula is C18H28OSi. The second-order valence-electron chi connectivity index (χ2n) is 6.76. The van der Waals surface area contributed by atoms with E-state index in [-0.39, 0.29) is 5.04 Å². The lowest BCUT2D eigenvalue weighted by atomic mass is 10.1. The molecule has 0 aliphatic heterocycles. The van der Waals surface area contributed by atoms with Crippen LogP contribution in [0, 0.1) is 0 Å². The quantitative estimate of drug-likeness (QED) is 0.484. The second-order valence-corrected chi connectivity index (χ2v) is 11.6. The van der Waals surface area contributed by atoms with Crippen LogP contribution in [0.5, 0.6) is 0 Å². The molecule has 110 valence electrons. The summed E-state index contributed by atoms with van der Waals surface area (Å²) in [5.74, 6) is 0. The molecule has 20 heavy (non-hydrogen) atoms. The van der Waals surface area contributed by atoms with Gasteiger partial charge < -0.3 is 4.43 Å². The maximum Gasteiger partial charge on any atom is 0.191 e. The van der Waals surface area contributed by atoms with Crippen LogP contribution >= 0.6 is 0 Å². The van der Waals surface area contributed by atoms with Gasteiger partial charge >= 0.3 is 0 Å². The Hall–Kier alpha value is -1.12. The van der Waals surface area contributed by atoms with E-state index in [1.165, 1.54) is 5.56 Å². The molecule has 0 heterocycles. The molecule has 0 amide bonds. The Bertz CT molecular complexity index is 452. The molecule has 0 saturated carbocycles. The van der Waals surface area contributed by atoms with Gasteiger partial charge in [0.2, 0.25) is 0 Å². The van der Waals surface area contributed by atoms with Crippen molar-refractivity contribution >= 4 is 14.4 Å². The van der Waals surface area contributed by atoms with Gasteiger partial charge in [-0.25, -0.2) is 0 Å². The van der Waals surface area contributed by atoms with Crippen LogP contribution in [-0.2, 0) is 4.43 Å². The zero-order valence-corrected chi connectivity index (χ0v) is 14.6. The number of hydrogen-bond acceptors (Lipinski definition) is 1. The van der Waals surface area contributed by atoms with Crippen LogP contribution in [0.15, 0.2) is 48.6 Å². The van der Waals surface area contributed by atoms with E-state index >= 15 is 0 Å². The number of rotatable bonds is 6. The predicted molar refractivity (Wildman–Crippen MR) is 92.4 cm³/mol. The van der Waals surface area contributed by atoms with Crippen molar-refractivity contribution < 1.29 is 4.43 Å². The lowest BCUT2D eigenvalue weighted by molar-refractivity contribution is 0.292. The van der Waals surface area contributed by atoms with Crippen molar-refractivity contribution in [3.63, 3.8) is 0 Å². The average molecular weight is 289 g/mol. The summed E-state index contributed by atoms with van der Waals surface area (Å²) >= 11 is 0. The van der Waals surface area contributed by atoms with Crippen LogP contribution in [0.1, 0.15) is 32.8 Å². The van der Waals surface area contributed by atoms with E-state index in [1.54, 1.807) is 0 Å². The third kappa shape index (κ3) is 5.47. The summed E-state index contributed by atoms with van der Waals surface area (Å²) in [6.45, 7) is 16.2. The summed E-state index contributed by atoms with van der Waals surface area (Å²) in [5, 5.41) is 0.272. The molecule has 0 saturated heterocycles. The third-order valence-corrected chi connectivity index (χ3v) is 8.54. The van der Waals surface area contributed by atoms with Crippen LogP contribution in [0.4, 0.5) is 0 Å². The van der Waals surface area contributed by atoms with Crippen molar-refractivity contribution in [2.45, 2.75) is 45.3 Å². The van der Waals surface area contributed by atoms with E-state index in [2.05, 4.69) is 64.7 Å². The maximum atomic E-state index is 6.16. The predicted octanol–water partition coefficient (Wildman–Crippen LogP) is 5.67. The molecule has 0 unspecified atom stereocenters. The van der Waals surface area contributed by atoms with Gasteiger partial charge in [-0.15, -0.1) is 0 Å². The van der Waals surface area contributed by atoms with E-state index in [1.807, 2.05) is 18.2 Å². The normalized spacial score (nSPS) is 12.8. The van der Waals surface area contributed by atoms with Gasteiger partial charge in [0.25, 0.3) is 0 Å². The summed E-state index contributed by atoms with van der Waals surface area (Å²) in [5.41, 5.74) is 2.33. The first-order chi connectivity index (χ1) is 9.22. The highest BCUT2D eigenvalue weighted by Gasteiger charge is 2.36.